The Bertz CT molecular complexity index is 459. The highest BCUT2D eigenvalue weighted by atomic mass is 35.5. The van der Waals surface area contributed by atoms with Gasteiger partial charge >= 0.3 is 0 Å². The van der Waals surface area contributed by atoms with Crippen LogP contribution in [0.25, 0.3) is 0 Å². The molecule has 1 atom stereocenters. The molecule has 5 heteroatoms. The molecule has 1 aromatic rings. The van der Waals surface area contributed by atoms with Gasteiger partial charge in [0.15, 0.2) is 0 Å². The van der Waals surface area contributed by atoms with Gasteiger partial charge in [0.25, 0.3) is 5.91 Å². The molecule has 0 radical (unpaired) electrons. The summed E-state index contributed by atoms with van der Waals surface area (Å²) < 4.78 is 5.57. The van der Waals surface area contributed by atoms with E-state index in [1.165, 1.54) is 0 Å². The number of carbonyl (C=O) groups is 1. The first kappa shape index (κ1) is 14.2. The van der Waals surface area contributed by atoms with E-state index in [4.69, 9.17) is 22.1 Å². The summed E-state index contributed by atoms with van der Waals surface area (Å²) in [6.07, 6.45) is 2.22. The zero-order valence-electron chi connectivity index (χ0n) is 11.1. The van der Waals surface area contributed by atoms with Crippen molar-refractivity contribution in [2.75, 3.05) is 25.4 Å². The quantitative estimate of drug-likeness (QED) is 0.864. The van der Waals surface area contributed by atoms with Crippen molar-refractivity contribution in [3.63, 3.8) is 0 Å². The van der Waals surface area contributed by atoms with Crippen LogP contribution in [0, 0.1) is 0 Å². The van der Waals surface area contributed by atoms with Crippen molar-refractivity contribution in [1.29, 1.82) is 0 Å². The predicted octanol–water partition coefficient (Wildman–Crippen LogP) is 2.56. The summed E-state index contributed by atoms with van der Waals surface area (Å²) in [4.78, 5) is 14.2. The molecule has 1 amide bonds. The lowest BCUT2D eigenvalue weighted by Gasteiger charge is -2.24. The maximum atomic E-state index is 12.5. The Labute approximate surface area is 118 Å². The Kier molecular flexibility index (Phi) is 4.66. The number of rotatable bonds is 4. The van der Waals surface area contributed by atoms with Crippen molar-refractivity contribution in [1.82, 2.24) is 4.90 Å². The fourth-order valence-electron chi connectivity index (χ4n) is 2.28. The lowest BCUT2D eigenvalue weighted by Crippen LogP contribution is -2.37. The van der Waals surface area contributed by atoms with Crippen LogP contribution in [0.1, 0.15) is 30.1 Å². The fraction of sp³-hybridized carbons (Fsp3) is 0.500. The van der Waals surface area contributed by atoms with Crippen molar-refractivity contribution in [3.05, 3.63) is 28.8 Å². The Morgan fingerprint density at radius 2 is 2.37 bits per heavy atom. The highest BCUT2D eigenvalue weighted by Crippen LogP contribution is 2.24. The summed E-state index contributed by atoms with van der Waals surface area (Å²) in [6, 6.07) is 5.14. The molecule has 1 aliphatic heterocycles. The molecule has 104 valence electrons. The second-order valence-corrected chi connectivity index (χ2v) is 5.09. The van der Waals surface area contributed by atoms with Gasteiger partial charge in [-0.2, -0.15) is 0 Å². The topological polar surface area (TPSA) is 55.6 Å². The number of hydrogen-bond acceptors (Lipinski definition) is 3. The van der Waals surface area contributed by atoms with Crippen LogP contribution < -0.4 is 5.73 Å². The van der Waals surface area contributed by atoms with Gasteiger partial charge in [-0.1, -0.05) is 17.7 Å². The first-order valence-electron chi connectivity index (χ1n) is 6.58. The second kappa shape index (κ2) is 6.26. The van der Waals surface area contributed by atoms with Gasteiger partial charge in [0.1, 0.15) is 0 Å². The molecule has 1 aromatic carbocycles. The number of para-hydroxylation sites is 1. The molecule has 4 nitrogen and oxygen atoms in total. The number of benzene rings is 1. The van der Waals surface area contributed by atoms with Crippen LogP contribution in [-0.2, 0) is 4.74 Å². The molecular formula is C14H19ClN2O2. The van der Waals surface area contributed by atoms with Crippen molar-refractivity contribution in [2.24, 2.45) is 0 Å². The number of nitrogen functional groups attached to an aromatic ring is 1. The van der Waals surface area contributed by atoms with E-state index < -0.39 is 0 Å². The average molecular weight is 283 g/mol. The van der Waals surface area contributed by atoms with Gasteiger partial charge in [0.05, 0.1) is 22.4 Å². The third-order valence-corrected chi connectivity index (χ3v) is 3.73. The Balaban J connectivity index is 2.13. The predicted molar refractivity (Wildman–Crippen MR) is 76.4 cm³/mol. The third-order valence-electron chi connectivity index (χ3n) is 3.40. The number of nitrogens with zero attached hydrogens (tertiary/aromatic N) is 1. The Morgan fingerprint density at radius 1 is 1.58 bits per heavy atom. The smallest absolute Gasteiger partial charge is 0.256 e. The molecular weight excluding hydrogens is 264 g/mol. The minimum absolute atomic E-state index is 0.0852. The van der Waals surface area contributed by atoms with E-state index in [0.29, 0.717) is 29.4 Å². The van der Waals surface area contributed by atoms with E-state index in [-0.39, 0.29) is 12.0 Å². The molecule has 0 bridgehead atoms. The van der Waals surface area contributed by atoms with E-state index >= 15 is 0 Å². The van der Waals surface area contributed by atoms with E-state index in [9.17, 15) is 4.79 Å². The van der Waals surface area contributed by atoms with Crippen molar-refractivity contribution < 1.29 is 9.53 Å². The van der Waals surface area contributed by atoms with Gasteiger partial charge in [-0.15, -0.1) is 0 Å². The summed E-state index contributed by atoms with van der Waals surface area (Å²) in [7, 11) is 0. The molecule has 1 aliphatic rings. The number of ether oxygens (including phenoxy) is 1. The van der Waals surface area contributed by atoms with Crippen LogP contribution in [0.4, 0.5) is 5.69 Å². The second-order valence-electron chi connectivity index (χ2n) is 4.68. The van der Waals surface area contributed by atoms with Gasteiger partial charge in [0.2, 0.25) is 0 Å². The van der Waals surface area contributed by atoms with Crippen LogP contribution in [0.3, 0.4) is 0 Å². The lowest BCUT2D eigenvalue weighted by molar-refractivity contribution is 0.0540. The summed E-state index contributed by atoms with van der Waals surface area (Å²) in [5.41, 5.74) is 6.69. The van der Waals surface area contributed by atoms with Crippen LogP contribution in [0.15, 0.2) is 18.2 Å². The van der Waals surface area contributed by atoms with Crippen LogP contribution >= 0.6 is 11.6 Å². The lowest BCUT2D eigenvalue weighted by atomic mass is 10.1. The van der Waals surface area contributed by atoms with E-state index in [2.05, 4.69) is 0 Å². The van der Waals surface area contributed by atoms with Gasteiger partial charge in [-0.3, -0.25) is 4.79 Å². The van der Waals surface area contributed by atoms with Crippen LogP contribution in [-0.4, -0.2) is 36.6 Å². The number of halogens is 1. The Hall–Kier alpha value is -1.26. The molecule has 0 saturated carbocycles. The fourth-order valence-corrected chi connectivity index (χ4v) is 2.46. The van der Waals surface area contributed by atoms with Crippen LogP contribution in [0.2, 0.25) is 5.02 Å². The number of likely N-dealkylation sites (N-methyl/N-ethyl adjacent to an activating group) is 1. The molecule has 19 heavy (non-hydrogen) atoms. The zero-order chi connectivity index (χ0) is 13.8. The maximum absolute atomic E-state index is 12.5. The maximum Gasteiger partial charge on any atom is 0.256 e. The molecule has 2 rings (SSSR count). The molecule has 0 aliphatic carbocycles. The number of carbonyl (C=O) groups excluding carboxylic acids is 1. The minimum atomic E-state index is -0.0852. The third kappa shape index (κ3) is 3.19. The first-order valence-corrected chi connectivity index (χ1v) is 6.96. The SMILES string of the molecule is CCN(CC1CCCO1)C(=O)c1cccc(Cl)c1N. The van der Waals surface area contributed by atoms with E-state index in [0.717, 1.165) is 19.4 Å². The summed E-state index contributed by atoms with van der Waals surface area (Å²) in [5.74, 6) is -0.0852. The molecule has 0 aromatic heterocycles. The molecule has 1 unspecified atom stereocenters. The summed E-state index contributed by atoms with van der Waals surface area (Å²) in [5, 5.41) is 0.416. The van der Waals surface area contributed by atoms with Gasteiger partial charge in [-0.25, -0.2) is 0 Å². The zero-order valence-corrected chi connectivity index (χ0v) is 11.8. The number of amides is 1. The number of nitrogens with two attached hydrogens (primary N) is 1. The molecule has 2 N–H and O–H groups in total. The van der Waals surface area contributed by atoms with Crippen molar-refractivity contribution in [3.8, 4) is 0 Å². The highest BCUT2D eigenvalue weighted by molar-refractivity contribution is 6.33. The van der Waals surface area contributed by atoms with E-state index in [1.807, 2.05) is 6.92 Å². The minimum Gasteiger partial charge on any atom is -0.397 e. The standard InChI is InChI=1S/C14H19ClN2O2/c1-2-17(9-10-5-4-8-19-10)14(18)11-6-3-7-12(15)13(11)16/h3,6-7,10H,2,4-5,8-9,16H2,1H3. The monoisotopic (exact) mass is 282 g/mol. The van der Waals surface area contributed by atoms with Gasteiger partial charge < -0.3 is 15.4 Å². The molecule has 1 fully saturated rings. The summed E-state index contributed by atoms with van der Waals surface area (Å²) in [6.45, 7) is 3.98. The van der Waals surface area contributed by atoms with Crippen LogP contribution in [0.5, 0.6) is 0 Å². The largest absolute Gasteiger partial charge is 0.397 e. The normalized spacial score (nSPS) is 18.5. The average Bonchev–Trinajstić information content (AvgIpc) is 2.91. The first-order chi connectivity index (χ1) is 9.13. The van der Waals surface area contributed by atoms with Gasteiger partial charge in [0, 0.05) is 19.7 Å². The summed E-state index contributed by atoms with van der Waals surface area (Å²) >= 11 is 5.96. The van der Waals surface area contributed by atoms with Crippen molar-refractivity contribution >= 4 is 23.2 Å². The van der Waals surface area contributed by atoms with Gasteiger partial charge in [-0.05, 0) is 31.9 Å². The Morgan fingerprint density at radius 3 is 3.00 bits per heavy atom. The van der Waals surface area contributed by atoms with E-state index in [1.54, 1.807) is 23.1 Å². The number of anilines is 1. The molecule has 1 saturated heterocycles. The highest BCUT2D eigenvalue weighted by Gasteiger charge is 2.23. The number of hydrogen-bond donors (Lipinski definition) is 1. The van der Waals surface area contributed by atoms with Crippen molar-refractivity contribution in [2.45, 2.75) is 25.9 Å². The molecule has 1 heterocycles. The molecule has 0 spiro atoms.